The Morgan fingerprint density at radius 1 is 1.16 bits per heavy atom. The number of aromatic nitrogens is 2. The van der Waals surface area contributed by atoms with Crippen molar-refractivity contribution in [3.8, 4) is 11.3 Å². The third-order valence-electron chi connectivity index (χ3n) is 2.51. The molecule has 0 atom stereocenters. The third kappa shape index (κ3) is 3.01. The van der Waals surface area contributed by atoms with E-state index >= 15 is 0 Å². The lowest BCUT2D eigenvalue weighted by atomic mass is 10.1. The summed E-state index contributed by atoms with van der Waals surface area (Å²) in [5, 5.41) is 2.98. The van der Waals surface area contributed by atoms with Gasteiger partial charge in [0.2, 0.25) is 0 Å². The van der Waals surface area contributed by atoms with Gasteiger partial charge in [0.15, 0.2) is 5.82 Å². The predicted molar refractivity (Wildman–Crippen MR) is 66.6 cm³/mol. The molecule has 0 saturated carbocycles. The van der Waals surface area contributed by atoms with Crippen LogP contribution in [0.5, 0.6) is 0 Å². The molecule has 1 aromatic carbocycles. The van der Waals surface area contributed by atoms with E-state index in [9.17, 15) is 13.2 Å². The lowest BCUT2D eigenvalue weighted by Crippen LogP contribution is -2.06. The number of halogens is 3. The lowest BCUT2D eigenvalue weighted by molar-refractivity contribution is -0.137. The molecule has 0 radical (unpaired) electrons. The summed E-state index contributed by atoms with van der Waals surface area (Å²) >= 11 is 0. The molecule has 0 amide bonds. The fraction of sp³-hybridized carbons (Fsp3) is 0.231. The summed E-state index contributed by atoms with van der Waals surface area (Å²) in [5.41, 5.74) is 0.104. The quantitative estimate of drug-likeness (QED) is 0.923. The Balaban J connectivity index is 2.48. The van der Waals surface area contributed by atoms with Crippen LogP contribution in [-0.2, 0) is 6.18 Å². The number of hydrogen-bond acceptors (Lipinski definition) is 3. The van der Waals surface area contributed by atoms with Crippen molar-refractivity contribution >= 4 is 5.82 Å². The second-order valence-electron chi connectivity index (χ2n) is 3.86. The zero-order valence-corrected chi connectivity index (χ0v) is 10.2. The van der Waals surface area contributed by atoms with Gasteiger partial charge in [-0.2, -0.15) is 13.2 Å². The van der Waals surface area contributed by atoms with Gasteiger partial charge in [-0.1, -0.05) is 12.1 Å². The minimum atomic E-state index is -4.36. The van der Waals surface area contributed by atoms with E-state index in [-0.39, 0.29) is 0 Å². The molecule has 0 aliphatic rings. The van der Waals surface area contributed by atoms with Gasteiger partial charge in [0.25, 0.3) is 0 Å². The monoisotopic (exact) mass is 267 g/mol. The van der Waals surface area contributed by atoms with E-state index < -0.39 is 11.7 Å². The average molecular weight is 267 g/mol. The molecule has 100 valence electrons. The number of nitrogens with zero attached hydrogens (tertiary/aromatic N) is 2. The van der Waals surface area contributed by atoms with Gasteiger partial charge in [-0.25, -0.2) is 4.98 Å². The maximum absolute atomic E-state index is 12.7. The van der Waals surface area contributed by atoms with Crippen LogP contribution < -0.4 is 5.32 Å². The summed E-state index contributed by atoms with van der Waals surface area (Å²) in [6, 6.07) is 5.06. The van der Waals surface area contributed by atoms with Crippen LogP contribution in [0.25, 0.3) is 11.3 Å². The fourth-order valence-electron chi connectivity index (χ4n) is 1.69. The largest absolute Gasteiger partial charge is 0.416 e. The molecule has 1 N–H and O–H groups in total. The molecule has 2 aromatic rings. The van der Waals surface area contributed by atoms with E-state index in [1.54, 1.807) is 6.07 Å². The number of benzene rings is 1. The van der Waals surface area contributed by atoms with E-state index in [1.165, 1.54) is 18.5 Å². The van der Waals surface area contributed by atoms with Crippen molar-refractivity contribution in [2.45, 2.75) is 13.1 Å². The van der Waals surface area contributed by atoms with Gasteiger partial charge in [-0.05, 0) is 19.1 Å². The Morgan fingerprint density at radius 2 is 1.89 bits per heavy atom. The number of nitrogens with one attached hydrogen (secondary N) is 1. The molecule has 0 aliphatic carbocycles. The standard InChI is InChI=1S/C13H12F3N3/c1-2-17-12-11(18-6-7-19-12)9-4-3-5-10(8-9)13(14,15)16/h3-8H,2H2,1H3,(H,17,19). The van der Waals surface area contributed by atoms with Crippen LogP contribution in [0, 0.1) is 0 Å². The minimum absolute atomic E-state index is 0.388. The first-order valence-electron chi connectivity index (χ1n) is 5.75. The van der Waals surface area contributed by atoms with E-state index in [2.05, 4.69) is 15.3 Å². The summed E-state index contributed by atoms with van der Waals surface area (Å²) in [4.78, 5) is 8.18. The van der Waals surface area contributed by atoms with Crippen molar-refractivity contribution in [1.29, 1.82) is 0 Å². The number of anilines is 1. The van der Waals surface area contributed by atoms with Crippen LogP contribution in [0.3, 0.4) is 0 Å². The maximum atomic E-state index is 12.7. The first kappa shape index (κ1) is 13.3. The number of alkyl halides is 3. The molecular formula is C13H12F3N3. The van der Waals surface area contributed by atoms with E-state index in [0.717, 1.165) is 12.1 Å². The summed E-state index contributed by atoms with van der Waals surface area (Å²) < 4.78 is 38.0. The van der Waals surface area contributed by atoms with Crippen LogP contribution in [-0.4, -0.2) is 16.5 Å². The zero-order valence-electron chi connectivity index (χ0n) is 10.2. The molecule has 0 saturated heterocycles. The van der Waals surface area contributed by atoms with Gasteiger partial charge < -0.3 is 5.32 Å². The normalized spacial score (nSPS) is 11.4. The first-order valence-corrected chi connectivity index (χ1v) is 5.75. The van der Waals surface area contributed by atoms with Gasteiger partial charge in [-0.15, -0.1) is 0 Å². The molecule has 0 aliphatic heterocycles. The second kappa shape index (κ2) is 5.26. The lowest BCUT2D eigenvalue weighted by Gasteiger charge is -2.11. The van der Waals surface area contributed by atoms with Crippen molar-refractivity contribution in [3.63, 3.8) is 0 Å². The highest BCUT2D eigenvalue weighted by Crippen LogP contribution is 2.32. The topological polar surface area (TPSA) is 37.8 Å². The Labute approximate surface area is 108 Å². The average Bonchev–Trinajstić information content (AvgIpc) is 2.39. The van der Waals surface area contributed by atoms with E-state index in [4.69, 9.17) is 0 Å². The molecule has 2 rings (SSSR count). The Hall–Kier alpha value is -2.11. The highest BCUT2D eigenvalue weighted by molar-refractivity contribution is 5.71. The van der Waals surface area contributed by atoms with Crippen molar-refractivity contribution in [3.05, 3.63) is 42.2 Å². The SMILES string of the molecule is CCNc1nccnc1-c1cccc(C(F)(F)F)c1. The molecule has 0 fully saturated rings. The van der Waals surface area contributed by atoms with Crippen molar-refractivity contribution < 1.29 is 13.2 Å². The molecule has 6 heteroatoms. The summed E-state index contributed by atoms with van der Waals surface area (Å²) in [7, 11) is 0. The van der Waals surface area contributed by atoms with Gasteiger partial charge in [0.1, 0.15) is 5.69 Å². The van der Waals surface area contributed by atoms with Gasteiger partial charge >= 0.3 is 6.18 Å². The van der Waals surface area contributed by atoms with Crippen molar-refractivity contribution in [2.24, 2.45) is 0 Å². The molecule has 0 unspecified atom stereocenters. The van der Waals surface area contributed by atoms with Gasteiger partial charge in [-0.3, -0.25) is 4.98 Å². The van der Waals surface area contributed by atoms with Crippen LogP contribution in [0.2, 0.25) is 0 Å². The van der Waals surface area contributed by atoms with Crippen LogP contribution in [0.15, 0.2) is 36.7 Å². The first-order chi connectivity index (χ1) is 9.02. The predicted octanol–water partition coefficient (Wildman–Crippen LogP) is 3.59. The van der Waals surface area contributed by atoms with E-state index in [0.29, 0.717) is 23.6 Å². The van der Waals surface area contributed by atoms with Crippen molar-refractivity contribution in [1.82, 2.24) is 9.97 Å². The second-order valence-corrected chi connectivity index (χ2v) is 3.86. The highest BCUT2D eigenvalue weighted by Gasteiger charge is 2.30. The molecule has 19 heavy (non-hydrogen) atoms. The van der Waals surface area contributed by atoms with Crippen LogP contribution >= 0.6 is 0 Å². The Bertz CT molecular complexity index is 567. The molecule has 0 spiro atoms. The molecule has 1 aromatic heterocycles. The Kier molecular flexibility index (Phi) is 3.69. The zero-order chi connectivity index (χ0) is 13.9. The van der Waals surface area contributed by atoms with Crippen LogP contribution in [0.4, 0.5) is 19.0 Å². The molecule has 3 nitrogen and oxygen atoms in total. The van der Waals surface area contributed by atoms with Gasteiger partial charge in [0.05, 0.1) is 5.56 Å². The third-order valence-corrected chi connectivity index (χ3v) is 2.51. The summed E-state index contributed by atoms with van der Waals surface area (Å²) in [5.74, 6) is 0.476. The number of hydrogen-bond donors (Lipinski definition) is 1. The van der Waals surface area contributed by atoms with Crippen molar-refractivity contribution in [2.75, 3.05) is 11.9 Å². The minimum Gasteiger partial charge on any atom is -0.369 e. The summed E-state index contributed by atoms with van der Waals surface area (Å²) in [6.07, 6.45) is -1.41. The Morgan fingerprint density at radius 3 is 2.58 bits per heavy atom. The number of rotatable bonds is 3. The molecule has 0 bridgehead atoms. The fourth-order valence-corrected chi connectivity index (χ4v) is 1.69. The van der Waals surface area contributed by atoms with Crippen LogP contribution in [0.1, 0.15) is 12.5 Å². The highest BCUT2D eigenvalue weighted by atomic mass is 19.4. The summed E-state index contributed by atoms with van der Waals surface area (Å²) in [6.45, 7) is 2.50. The smallest absolute Gasteiger partial charge is 0.369 e. The maximum Gasteiger partial charge on any atom is 0.416 e. The van der Waals surface area contributed by atoms with Gasteiger partial charge in [0, 0.05) is 24.5 Å². The molecule has 1 heterocycles. The molecular weight excluding hydrogens is 255 g/mol. The van der Waals surface area contributed by atoms with E-state index in [1.807, 2.05) is 6.92 Å².